The van der Waals surface area contributed by atoms with Gasteiger partial charge < -0.3 is 10.1 Å². The van der Waals surface area contributed by atoms with Crippen LogP contribution in [-0.2, 0) is 14.4 Å². The summed E-state index contributed by atoms with van der Waals surface area (Å²) in [5, 5.41) is 3.49. The van der Waals surface area contributed by atoms with Crippen LogP contribution in [0, 0.1) is 0 Å². The highest BCUT2D eigenvalue weighted by atomic mass is 79.9. The summed E-state index contributed by atoms with van der Waals surface area (Å²) in [4.78, 5) is 46.1. The van der Waals surface area contributed by atoms with Crippen molar-refractivity contribution < 1.29 is 19.1 Å². The van der Waals surface area contributed by atoms with Gasteiger partial charge in [0.2, 0.25) is 5.91 Å². The lowest BCUT2D eigenvalue weighted by molar-refractivity contribution is -0.126. The molecule has 3 amide bonds. The summed E-state index contributed by atoms with van der Waals surface area (Å²) < 4.78 is 6.15. The van der Waals surface area contributed by atoms with Crippen molar-refractivity contribution >= 4 is 68.3 Å². The fourth-order valence-electron chi connectivity index (χ4n) is 4.50. The molecule has 0 unspecified atom stereocenters. The standard InChI is InChI=1S/C35H31BrClN3O4S/c1-4-7-18-26(5-2)40-34(43)27(19-23-20-28(36)32(44-6-3)29(37)21-23)33(42)39-35(40)45-22-30(41)38-31(24-14-10-8-11-15-24)25-16-12-9-13-17-25/h4-5,7-21,31H,1,6,22H2,2-3H3,(H,38,41)/b18-7-,26-5+,27-19+. The van der Waals surface area contributed by atoms with Crippen molar-refractivity contribution in [2.24, 2.45) is 4.99 Å². The van der Waals surface area contributed by atoms with Crippen molar-refractivity contribution in [3.63, 3.8) is 0 Å². The van der Waals surface area contributed by atoms with Crippen LogP contribution in [0.4, 0.5) is 0 Å². The third-order valence-corrected chi connectivity index (χ3v) is 8.34. The second-order valence-electron chi connectivity index (χ2n) is 9.56. The topological polar surface area (TPSA) is 88.1 Å². The van der Waals surface area contributed by atoms with Crippen LogP contribution in [0.5, 0.6) is 5.75 Å². The van der Waals surface area contributed by atoms with E-state index in [0.29, 0.717) is 33.1 Å². The molecule has 1 aliphatic heterocycles. The molecule has 4 rings (SSSR count). The Bertz CT molecular complexity index is 1640. The minimum atomic E-state index is -0.727. The summed E-state index contributed by atoms with van der Waals surface area (Å²) in [6, 6.07) is 22.2. The van der Waals surface area contributed by atoms with Gasteiger partial charge in [0, 0.05) is 5.70 Å². The van der Waals surface area contributed by atoms with E-state index in [1.54, 1.807) is 43.4 Å². The Kier molecular flexibility index (Phi) is 12.2. The Morgan fingerprint density at radius 2 is 1.76 bits per heavy atom. The highest BCUT2D eigenvalue weighted by molar-refractivity contribution is 9.10. The van der Waals surface area contributed by atoms with Crippen molar-refractivity contribution in [3.05, 3.63) is 141 Å². The van der Waals surface area contributed by atoms with Crippen molar-refractivity contribution in [1.82, 2.24) is 10.2 Å². The fourth-order valence-corrected chi connectivity index (χ4v) is 6.30. The Morgan fingerprint density at radius 3 is 2.31 bits per heavy atom. The van der Waals surface area contributed by atoms with Crippen molar-refractivity contribution in [2.45, 2.75) is 19.9 Å². The second kappa shape index (κ2) is 16.2. The highest BCUT2D eigenvalue weighted by Gasteiger charge is 2.35. The first-order valence-corrected chi connectivity index (χ1v) is 16.2. The molecule has 230 valence electrons. The van der Waals surface area contributed by atoms with E-state index in [1.165, 1.54) is 11.0 Å². The summed E-state index contributed by atoms with van der Waals surface area (Å²) in [7, 11) is 0. The van der Waals surface area contributed by atoms with E-state index in [9.17, 15) is 14.4 Å². The number of rotatable bonds is 11. The summed E-state index contributed by atoms with van der Waals surface area (Å²) in [6.07, 6.45) is 8.08. The minimum Gasteiger partial charge on any atom is -0.491 e. The van der Waals surface area contributed by atoms with Crippen LogP contribution in [0.15, 0.2) is 124 Å². The van der Waals surface area contributed by atoms with Gasteiger partial charge in [0.25, 0.3) is 11.8 Å². The maximum atomic E-state index is 13.9. The molecule has 0 spiro atoms. The largest absolute Gasteiger partial charge is 0.491 e. The number of hydrogen-bond acceptors (Lipinski definition) is 5. The summed E-state index contributed by atoms with van der Waals surface area (Å²) >= 11 is 10.9. The van der Waals surface area contributed by atoms with Crippen LogP contribution in [0.2, 0.25) is 5.02 Å². The zero-order chi connectivity index (χ0) is 32.3. The number of aliphatic imine (C=N–C) groups is 1. The normalized spacial score (nSPS) is 14.7. The average molecular weight is 705 g/mol. The molecule has 0 atom stereocenters. The second-order valence-corrected chi connectivity index (χ2v) is 11.8. The smallest absolute Gasteiger partial charge is 0.285 e. The van der Waals surface area contributed by atoms with E-state index in [-0.39, 0.29) is 28.4 Å². The molecule has 0 fully saturated rings. The molecule has 0 bridgehead atoms. The van der Waals surface area contributed by atoms with Crippen molar-refractivity contribution in [2.75, 3.05) is 12.4 Å². The number of allylic oxidation sites excluding steroid dienone is 4. The van der Waals surface area contributed by atoms with Gasteiger partial charge in [0.1, 0.15) is 5.57 Å². The number of hydrogen-bond donors (Lipinski definition) is 1. The zero-order valence-corrected chi connectivity index (χ0v) is 27.9. The molecule has 45 heavy (non-hydrogen) atoms. The van der Waals surface area contributed by atoms with E-state index >= 15 is 0 Å². The Morgan fingerprint density at radius 1 is 1.11 bits per heavy atom. The molecule has 1 heterocycles. The van der Waals surface area contributed by atoms with Gasteiger partial charge in [-0.15, -0.1) is 0 Å². The number of nitrogens with zero attached hydrogens (tertiary/aromatic N) is 2. The molecule has 0 aliphatic carbocycles. The fraction of sp³-hybridized carbons (Fsp3) is 0.143. The third kappa shape index (κ3) is 8.51. The molecule has 0 saturated carbocycles. The van der Waals surface area contributed by atoms with Gasteiger partial charge in [0.05, 0.1) is 27.9 Å². The molecule has 1 aliphatic rings. The molecule has 0 radical (unpaired) electrons. The predicted molar refractivity (Wildman–Crippen MR) is 186 cm³/mol. The number of benzene rings is 3. The van der Waals surface area contributed by atoms with Gasteiger partial charge in [0.15, 0.2) is 10.9 Å². The van der Waals surface area contributed by atoms with Gasteiger partial charge in [-0.2, -0.15) is 4.99 Å². The summed E-state index contributed by atoms with van der Waals surface area (Å²) in [5.74, 6) is -1.23. The number of nitrogens with one attached hydrogen (secondary N) is 1. The first-order chi connectivity index (χ1) is 21.8. The van der Waals surface area contributed by atoms with Gasteiger partial charge >= 0.3 is 0 Å². The third-order valence-electron chi connectivity index (χ3n) is 6.53. The molecular formula is C35H31BrClN3O4S. The highest BCUT2D eigenvalue weighted by Crippen LogP contribution is 2.36. The first kappa shape index (κ1) is 33.7. The maximum Gasteiger partial charge on any atom is 0.285 e. The SMILES string of the molecule is C=C/C=C\C(=C/C)N1C(=O)/C(=C/c2cc(Cl)c(OCC)c(Br)c2)C(=O)N=C1SCC(=O)NC(c1ccccc1)c1ccccc1. The van der Waals surface area contributed by atoms with Gasteiger partial charge in [-0.3, -0.25) is 19.3 Å². The number of halogens is 2. The van der Waals surface area contributed by atoms with Crippen molar-refractivity contribution in [3.8, 4) is 5.75 Å². The Labute approximate surface area is 280 Å². The summed E-state index contributed by atoms with van der Waals surface area (Å²) in [5.41, 5.74) is 2.66. The van der Waals surface area contributed by atoms with Crippen LogP contribution < -0.4 is 10.1 Å². The quantitative estimate of drug-likeness (QED) is 0.125. The number of ether oxygens (including phenoxy) is 1. The number of carbonyl (C=O) groups excluding carboxylic acids is 3. The molecule has 1 N–H and O–H groups in total. The van der Waals surface area contributed by atoms with Crippen LogP contribution in [0.1, 0.15) is 36.6 Å². The van der Waals surface area contributed by atoms with E-state index in [2.05, 4.69) is 32.8 Å². The van der Waals surface area contributed by atoms with E-state index < -0.39 is 11.8 Å². The molecule has 7 nitrogen and oxygen atoms in total. The van der Waals surface area contributed by atoms with Crippen LogP contribution in [0.3, 0.4) is 0 Å². The first-order valence-electron chi connectivity index (χ1n) is 14.1. The van der Waals surface area contributed by atoms with E-state index in [1.807, 2.05) is 67.6 Å². The van der Waals surface area contributed by atoms with Gasteiger partial charge in [-0.25, -0.2) is 0 Å². The summed E-state index contributed by atoms with van der Waals surface area (Å²) in [6.45, 7) is 7.73. The van der Waals surface area contributed by atoms with E-state index in [0.717, 1.165) is 22.9 Å². The van der Waals surface area contributed by atoms with Crippen LogP contribution in [-0.4, -0.2) is 40.1 Å². The number of amidine groups is 1. The predicted octanol–water partition coefficient (Wildman–Crippen LogP) is 7.89. The molecule has 3 aromatic carbocycles. The molecule has 10 heteroatoms. The Hall–Kier alpha value is -4.18. The van der Waals surface area contributed by atoms with E-state index in [4.69, 9.17) is 16.3 Å². The lowest BCUT2D eigenvalue weighted by Gasteiger charge is -2.28. The van der Waals surface area contributed by atoms with Crippen LogP contribution in [0.25, 0.3) is 6.08 Å². The number of carbonyl (C=O) groups is 3. The molecule has 0 aromatic heterocycles. The average Bonchev–Trinajstić information content (AvgIpc) is 3.04. The monoisotopic (exact) mass is 703 g/mol. The lowest BCUT2D eigenvalue weighted by atomic mass is 9.99. The number of thioether (sulfide) groups is 1. The van der Waals surface area contributed by atoms with Gasteiger partial charge in [-0.1, -0.05) is 109 Å². The number of amides is 3. The zero-order valence-electron chi connectivity index (χ0n) is 24.7. The molecular weight excluding hydrogens is 674 g/mol. The van der Waals surface area contributed by atoms with Crippen molar-refractivity contribution in [1.29, 1.82) is 0 Å². The lowest BCUT2D eigenvalue weighted by Crippen LogP contribution is -2.42. The van der Waals surface area contributed by atoms with Gasteiger partial charge in [-0.05, 0) is 70.8 Å². The van der Waals surface area contributed by atoms with Crippen LogP contribution >= 0.6 is 39.3 Å². The molecule has 0 saturated heterocycles. The minimum absolute atomic E-state index is 0.0843. The Balaban J connectivity index is 1.63. The molecule has 3 aromatic rings. The maximum absolute atomic E-state index is 13.9.